The summed E-state index contributed by atoms with van der Waals surface area (Å²) >= 11 is 3.98. The fourth-order valence-electron chi connectivity index (χ4n) is 4.76. The van der Waals surface area contributed by atoms with Gasteiger partial charge in [-0.1, -0.05) is 6.42 Å². The lowest BCUT2D eigenvalue weighted by molar-refractivity contribution is -0.127. The van der Waals surface area contributed by atoms with Crippen LogP contribution in [0.15, 0.2) is 0 Å². The second-order valence-electron chi connectivity index (χ2n) is 7.47. The van der Waals surface area contributed by atoms with E-state index in [1.165, 1.54) is 0 Å². The van der Waals surface area contributed by atoms with Gasteiger partial charge in [0.15, 0.2) is 23.3 Å². The van der Waals surface area contributed by atoms with Crippen molar-refractivity contribution in [1.82, 2.24) is 5.43 Å². The van der Waals surface area contributed by atoms with Crippen LogP contribution >= 0.6 is 23.5 Å². The van der Waals surface area contributed by atoms with Crippen LogP contribution in [0.2, 0.25) is 0 Å². The van der Waals surface area contributed by atoms with Crippen molar-refractivity contribution in [3.63, 3.8) is 0 Å². The van der Waals surface area contributed by atoms with Crippen LogP contribution in [0.1, 0.15) is 32.1 Å². The average molecular weight is 438 g/mol. The Morgan fingerprint density at radius 1 is 0.857 bits per heavy atom. The highest BCUT2D eigenvalue weighted by atomic mass is 32.2. The summed E-state index contributed by atoms with van der Waals surface area (Å²) < 4.78 is 67.4. The molecular weight excluding hydrogens is 419 g/mol. The van der Waals surface area contributed by atoms with Crippen molar-refractivity contribution < 1.29 is 26.7 Å². The second kappa shape index (κ2) is 7.59. The Labute approximate surface area is 167 Å². The molecule has 1 aromatic rings. The van der Waals surface area contributed by atoms with Crippen LogP contribution < -0.4 is 10.9 Å². The van der Waals surface area contributed by atoms with Gasteiger partial charge in [0.2, 0.25) is 11.7 Å². The minimum absolute atomic E-state index is 0.171. The van der Waals surface area contributed by atoms with Gasteiger partial charge in [0.25, 0.3) is 0 Å². The number of amides is 1. The lowest BCUT2D eigenvalue weighted by Crippen LogP contribution is -2.50. The fourth-order valence-corrected chi connectivity index (χ4v) is 8.70. The molecule has 2 N–H and O–H groups in total. The van der Waals surface area contributed by atoms with Crippen LogP contribution in [-0.2, 0) is 4.79 Å². The first-order valence-corrected chi connectivity index (χ1v) is 11.2. The van der Waals surface area contributed by atoms with Crippen LogP contribution in [-0.4, -0.2) is 21.5 Å². The van der Waals surface area contributed by atoms with Gasteiger partial charge in [-0.15, -0.1) is 23.5 Å². The molecular formula is C18H19F5N2OS2. The second-order valence-corrected chi connectivity index (χ2v) is 10.5. The summed E-state index contributed by atoms with van der Waals surface area (Å²) in [5, 5.41) is 0. The highest BCUT2D eigenvalue weighted by Gasteiger charge is 2.55. The van der Waals surface area contributed by atoms with Crippen molar-refractivity contribution in [2.45, 2.75) is 36.2 Å². The smallest absolute Gasteiger partial charge is 0.241 e. The van der Waals surface area contributed by atoms with E-state index in [0.29, 0.717) is 24.7 Å². The third-order valence-electron chi connectivity index (χ3n) is 6.01. The third kappa shape index (κ3) is 3.16. The van der Waals surface area contributed by atoms with Crippen LogP contribution in [0.3, 0.4) is 0 Å². The van der Waals surface area contributed by atoms with Gasteiger partial charge in [-0.2, -0.15) is 0 Å². The predicted octanol–water partition coefficient (Wildman–Crippen LogP) is 4.83. The van der Waals surface area contributed by atoms with Gasteiger partial charge in [-0.05, 0) is 37.5 Å². The number of nitrogens with one attached hydrogen (secondary N) is 2. The summed E-state index contributed by atoms with van der Waals surface area (Å²) in [5.41, 5.74) is 2.81. The van der Waals surface area contributed by atoms with E-state index in [4.69, 9.17) is 0 Å². The van der Waals surface area contributed by atoms with E-state index in [0.717, 1.165) is 30.8 Å². The Bertz CT molecular complexity index is 758. The molecule has 2 aliphatic carbocycles. The van der Waals surface area contributed by atoms with Crippen molar-refractivity contribution >= 4 is 35.1 Å². The van der Waals surface area contributed by atoms with Crippen molar-refractivity contribution in [2.75, 3.05) is 16.9 Å². The number of hydrogen-bond acceptors (Lipinski definition) is 4. The summed E-state index contributed by atoms with van der Waals surface area (Å²) in [6.45, 7) is 0. The quantitative estimate of drug-likeness (QED) is 0.307. The molecule has 1 unspecified atom stereocenters. The summed E-state index contributed by atoms with van der Waals surface area (Å²) in [6.07, 6.45) is 4.56. The van der Waals surface area contributed by atoms with Gasteiger partial charge in [-0.3, -0.25) is 15.6 Å². The monoisotopic (exact) mass is 438 g/mol. The molecule has 1 aliphatic heterocycles. The van der Waals surface area contributed by atoms with Crippen LogP contribution in [0.4, 0.5) is 27.6 Å². The van der Waals surface area contributed by atoms with E-state index in [-0.39, 0.29) is 10.00 Å². The van der Waals surface area contributed by atoms with Gasteiger partial charge in [0.1, 0.15) is 5.69 Å². The molecule has 1 amide bonds. The lowest BCUT2D eigenvalue weighted by Gasteiger charge is -2.52. The SMILES string of the molecule is O=C(NNc1c(F)c(F)c(F)c(F)c1F)C1C[C@H]2CCC[C@@H](C1)C21SCCS1. The Morgan fingerprint density at radius 3 is 1.89 bits per heavy atom. The molecule has 2 saturated carbocycles. The van der Waals surface area contributed by atoms with E-state index in [2.05, 4.69) is 5.43 Å². The first kappa shape index (κ1) is 20.1. The molecule has 2 bridgehead atoms. The van der Waals surface area contributed by atoms with E-state index in [9.17, 15) is 26.7 Å². The third-order valence-corrected chi connectivity index (χ3v) is 10.0. The maximum atomic E-state index is 13.7. The molecule has 1 heterocycles. The van der Waals surface area contributed by atoms with Crippen molar-refractivity contribution in [3.05, 3.63) is 29.1 Å². The number of carbonyl (C=O) groups excluding carboxylic acids is 1. The van der Waals surface area contributed by atoms with Crippen LogP contribution in [0, 0.1) is 46.8 Å². The molecule has 4 rings (SSSR count). The average Bonchev–Trinajstić information content (AvgIpc) is 3.14. The van der Waals surface area contributed by atoms with Gasteiger partial charge < -0.3 is 0 Å². The highest BCUT2D eigenvalue weighted by molar-refractivity contribution is 8.21. The maximum Gasteiger partial charge on any atom is 0.241 e. The summed E-state index contributed by atoms with van der Waals surface area (Å²) in [7, 11) is 0. The largest absolute Gasteiger partial charge is 0.293 e. The Morgan fingerprint density at radius 2 is 1.36 bits per heavy atom. The molecule has 1 saturated heterocycles. The Kier molecular flexibility index (Phi) is 5.45. The molecule has 28 heavy (non-hydrogen) atoms. The number of benzene rings is 1. The molecule has 3 atom stereocenters. The zero-order chi connectivity index (χ0) is 20.1. The van der Waals surface area contributed by atoms with Crippen LogP contribution in [0.25, 0.3) is 0 Å². The van der Waals surface area contributed by atoms with Crippen molar-refractivity contribution in [3.8, 4) is 0 Å². The number of hydrogen-bond donors (Lipinski definition) is 2. The topological polar surface area (TPSA) is 41.1 Å². The molecule has 3 nitrogen and oxygen atoms in total. The molecule has 0 radical (unpaired) electrons. The van der Waals surface area contributed by atoms with E-state index in [1.54, 1.807) is 0 Å². The Balaban J connectivity index is 1.46. The molecule has 154 valence electrons. The summed E-state index contributed by atoms with van der Waals surface area (Å²) in [6, 6.07) is 0. The van der Waals surface area contributed by atoms with Crippen LogP contribution in [0.5, 0.6) is 0 Å². The first-order chi connectivity index (χ1) is 13.3. The summed E-state index contributed by atoms with van der Waals surface area (Å²) in [4.78, 5) is 12.6. The van der Waals surface area contributed by atoms with E-state index >= 15 is 0 Å². The number of thioether (sulfide) groups is 2. The van der Waals surface area contributed by atoms with E-state index in [1.807, 2.05) is 28.9 Å². The van der Waals surface area contributed by atoms with Gasteiger partial charge in [0.05, 0.1) is 4.08 Å². The highest BCUT2D eigenvalue weighted by Crippen LogP contribution is 2.64. The molecule has 3 fully saturated rings. The maximum absolute atomic E-state index is 13.7. The number of hydrazine groups is 1. The molecule has 1 spiro atoms. The minimum atomic E-state index is -2.23. The molecule has 0 aromatic heterocycles. The number of anilines is 1. The first-order valence-electron chi connectivity index (χ1n) is 9.20. The Hall–Kier alpha value is -1.16. The van der Waals surface area contributed by atoms with Gasteiger partial charge in [0, 0.05) is 17.4 Å². The normalized spacial score (nSPS) is 28.4. The lowest BCUT2D eigenvalue weighted by atomic mass is 9.67. The minimum Gasteiger partial charge on any atom is -0.293 e. The molecule has 10 heteroatoms. The van der Waals surface area contributed by atoms with Crippen molar-refractivity contribution in [1.29, 1.82) is 0 Å². The zero-order valence-electron chi connectivity index (χ0n) is 14.8. The fraction of sp³-hybridized carbons (Fsp3) is 0.611. The van der Waals surface area contributed by atoms with E-state index < -0.39 is 40.7 Å². The number of rotatable bonds is 3. The van der Waals surface area contributed by atoms with Gasteiger partial charge >= 0.3 is 0 Å². The number of halogens is 5. The standard InChI is InChI=1S/C18H19F5N2OS2/c19-11-12(20)14(22)16(15(23)13(11)21)24-25-17(26)8-6-9-2-1-3-10(7-8)18(9)27-4-5-28-18/h8-10,24H,1-7H2,(H,25,26)/t8?,9-,10+. The predicted molar refractivity (Wildman–Crippen MR) is 99.2 cm³/mol. The zero-order valence-corrected chi connectivity index (χ0v) is 16.4. The number of carbonyl (C=O) groups is 1. The summed E-state index contributed by atoms with van der Waals surface area (Å²) in [5.74, 6) is -8.19. The van der Waals surface area contributed by atoms with Crippen molar-refractivity contribution in [2.24, 2.45) is 17.8 Å². The molecule has 3 aliphatic rings. The molecule has 1 aromatic carbocycles. The van der Waals surface area contributed by atoms with Gasteiger partial charge in [-0.25, -0.2) is 22.0 Å².